The second kappa shape index (κ2) is 7.11. The van der Waals surface area contributed by atoms with E-state index in [0.29, 0.717) is 0 Å². The molecule has 2 aromatic rings. The average Bonchev–Trinajstić information content (AvgIpc) is 2.53. The molecule has 1 unspecified atom stereocenters. The fourth-order valence-electron chi connectivity index (χ4n) is 2.62. The number of hydrogen-bond donors (Lipinski definition) is 1. The molecule has 0 spiro atoms. The van der Waals surface area contributed by atoms with Gasteiger partial charge in [-0.05, 0) is 60.7 Å². The first-order chi connectivity index (χ1) is 10.1. The molecular formula is C19H24ClN. The van der Waals surface area contributed by atoms with Crippen LogP contribution < -0.4 is 5.32 Å². The second-order valence-electron chi connectivity index (χ2n) is 5.45. The second-order valence-corrected chi connectivity index (χ2v) is 5.85. The maximum atomic E-state index is 6.48. The number of hydrogen-bond acceptors (Lipinski definition) is 1. The molecule has 21 heavy (non-hydrogen) atoms. The Hall–Kier alpha value is -1.31. The highest BCUT2D eigenvalue weighted by atomic mass is 35.5. The van der Waals surface area contributed by atoms with Crippen molar-refractivity contribution in [3.63, 3.8) is 0 Å². The molecule has 0 aliphatic carbocycles. The van der Waals surface area contributed by atoms with E-state index in [1.807, 2.05) is 7.05 Å². The summed E-state index contributed by atoms with van der Waals surface area (Å²) in [4.78, 5) is 0. The molecular weight excluding hydrogens is 278 g/mol. The van der Waals surface area contributed by atoms with Gasteiger partial charge in [0.1, 0.15) is 0 Å². The van der Waals surface area contributed by atoms with Crippen molar-refractivity contribution in [3.8, 4) is 11.1 Å². The molecule has 0 radical (unpaired) electrons. The highest BCUT2D eigenvalue weighted by Gasteiger charge is 2.11. The van der Waals surface area contributed by atoms with Crippen molar-refractivity contribution in [1.82, 2.24) is 5.32 Å². The van der Waals surface area contributed by atoms with Crippen LogP contribution in [0, 0.1) is 0 Å². The fraction of sp³-hybridized carbons (Fsp3) is 0.368. The van der Waals surface area contributed by atoms with Crippen molar-refractivity contribution >= 4 is 11.6 Å². The minimum atomic E-state index is 0.263. The van der Waals surface area contributed by atoms with Crippen LogP contribution in [0.2, 0.25) is 5.02 Å². The van der Waals surface area contributed by atoms with E-state index in [4.69, 9.17) is 11.6 Å². The minimum Gasteiger partial charge on any atom is -0.313 e. The summed E-state index contributed by atoms with van der Waals surface area (Å²) in [6.07, 6.45) is 2.09. The first-order valence-corrected chi connectivity index (χ1v) is 8.07. The number of halogens is 1. The van der Waals surface area contributed by atoms with Crippen LogP contribution in [0.1, 0.15) is 43.5 Å². The summed E-state index contributed by atoms with van der Waals surface area (Å²) in [5, 5.41) is 4.07. The largest absolute Gasteiger partial charge is 0.313 e. The van der Waals surface area contributed by atoms with Crippen LogP contribution in [0.15, 0.2) is 36.4 Å². The summed E-state index contributed by atoms with van der Waals surface area (Å²) >= 11 is 6.48. The summed E-state index contributed by atoms with van der Waals surface area (Å²) in [6.45, 7) is 6.51. The van der Waals surface area contributed by atoms with E-state index >= 15 is 0 Å². The van der Waals surface area contributed by atoms with Crippen molar-refractivity contribution < 1.29 is 0 Å². The molecule has 2 rings (SSSR count). The Morgan fingerprint density at radius 2 is 1.81 bits per heavy atom. The molecule has 2 aromatic carbocycles. The van der Waals surface area contributed by atoms with Crippen LogP contribution >= 0.6 is 11.6 Å². The van der Waals surface area contributed by atoms with Crippen molar-refractivity contribution in [2.45, 2.75) is 39.7 Å². The number of rotatable bonds is 5. The Bertz CT molecular complexity index is 619. The molecule has 0 aromatic heterocycles. The monoisotopic (exact) mass is 301 g/mol. The Balaban J connectivity index is 2.49. The highest BCUT2D eigenvalue weighted by molar-refractivity contribution is 6.31. The Morgan fingerprint density at radius 1 is 1.05 bits per heavy atom. The summed E-state index contributed by atoms with van der Waals surface area (Å²) in [5.41, 5.74) is 6.40. The first-order valence-electron chi connectivity index (χ1n) is 7.69. The third-order valence-electron chi connectivity index (χ3n) is 4.17. The molecule has 0 bridgehead atoms. The summed E-state index contributed by atoms with van der Waals surface area (Å²) in [6, 6.07) is 13.4. The lowest BCUT2D eigenvalue weighted by Crippen LogP contribution is -2.12. The standard InChI is InChI=1S/C19H24ClN/c1-5-14-7-8-15(6-2)18(11-14)16-9-10-17(13(3)21-4)19(20)12-16/h7-13,21H,5-6H2,1-4H3. The van der Waals surface area contributed by atoms with Gasteiger partial charge in [-0.1, -0.05) is 55.8 Å². The molecule has 1 N–H and O–H groups in total. The van der Waals surface area contributed by atoms with Gasteiger partial charge in [-0.25, -0.2) is 0 Å². The van der Waals surface area contributed by atoms with E-state index in [9.17, 15) is 0 Å². The summed E-state index contributed by atoms with van der Waals surface area (Å²) in [7, 11) is 1.95. The lowest BCUT2D eigenvalue weighted by Gasteiger charge is -2.15. The predicted octanol–water partition coefficient (Wildman–Crippen LogP) is 5.41. The number of benzene rings is 2. The van der Waals surface area contributed by atoms with Crippen LogP contribution in [-0.4, -0.2) is 7.05 Å². The van der Waals surface area contributed by atoms with Crippen LogP contribution in [-0.2, 0) is 12.8 Å². The number of aryl methyl sites for hydroxylation is 2. The van der Waals surface area contributed by atoms with Gasteiger partial charge in [-0.3, -0.25) is 0 Å². The molecule has 0 aliphatic heterocycles. The molecule has 1 atom stereocenters. The molecule has 0 saturated carbocycles. The smallest absolute Gasteiger partial charge is 0.0459 e. The van der Waals surface area contributed by atoms with Gasteiger partial charge < -0.3 is 5.32 Å². The zero-order chi connectivity index (χ0) is 15.4. The summed E-state index contributed by atoms with van der Waals surface area (Å²) in [5.74, 6) is 0. The zero-order valence-electron chi connectivity index (χ0n) is 13.3. The van der Waals surface area contributed by atoms with Gasteiger partial charge >= 0.3 is 0 Å². The van der Waals surface area contributed by atoms with Gasteiger partial charge in [0.15, 0.2) is 0 Å². The quantitative estimate of drug-likeness (QED) is 0.778. The maximum Gasteiger partial charge on any atom is 0.0459 e. The van der Waals surface area contributed by atoms with Gasteiger partial charge in [0.05, 0.1) is 0 Å². The SMILES string of the molecule is CCc1ccc(CC)c(-c2ccc(C(C)NC)c(Cl)c2)c1. The Morgan fingerprint density at radius 3 is 2.38 bits per heavy atom. The van der Waals surface area contributed by atoms with E-state index in [0.717, 1.165) is 23.4 Å². The first kappa shape index (κ1) is 16.1. The van der Waals surface area contributed by atoms with Crippen molar-refractivity contribution in [1.29, 1.82) is 0 Å². The Kier molecular flexibility index (Phi) is 5.44. The van der Waals surface area contributed by atoms with Crippen LogP contribution in [0.3, 0.4) is 0 Å². The average molecular weight is 302 g/mol. The zero-order valence-corrected chi connectivity index (χ0v) is 14.1. The lowest BCUT2D eigenvalue weighted by atomic mass is 9.94. The van der Waals surface area contributed by atoms with E-state index in [1.165, 1.54) is 22.3 Å². The molecule has 2 heteroatoms. The maximum absolute atomic E-state index is 6.48. The molecule has 0 heterocycles. The van der Waals surface area contributed by atoms with Crippen molar-refractivity contribution in [3.05, 3.63) is 58.1 Å². The van der Waals surface area contributed by atoms with Crippen molar-refractivity contribution in [2.24, 2.45) is 0 Å². The van der Waals surface area contributed by atoms with Crippen molar-refractivity contribution in [2.75, 3.05) is 7.05 Å². The van der Waals surface area contributed by atoms with E-state index in [1.54, 1.807) is 0 Å². The van der Waals surface area contributed by atoms with E-state index in [2.05, 4.69) is 62.5 Å². The molecule has 0 fully saturated rings. The van der Waals surface area contributed by atoms with Gasteiger partial charge in [0, 0.05) is 11.1 Å². The third-order valence-corrected chi connectivity index (χ3v) is 4.50. The van der Waals surface area contributed by atoms with Gasteiger partial charge in [0.25, 0.3) is 0 Å². The normalized spacial score (nSPS) is 12.4. The van der Waals surface area contributed by atoms with E-state index in [-0.39, 0.29) is 6.04 Å². The molecule has 1 nitrogen and oxygen atoms in total. The highest BCUT2D eigenvalue weighted by Crippen LogP contribution is 2.31. The minimum absolute atomic E-state index is 0.263. The van der Waals surface area contributed by atoms with Crippen LogP contribution in [0.5, 0.6) is 0 Å². The van der Waals surface area contributed by atoms with Gasteiger partial charge in [0.2, 0.25) is 0 Å². The summed E-state index contributed by atoms with van der Waals surface area (Å²) < 4.78 is 0. The number of nitrogens with one attached hydrogen (secondary N) is 1. The van der Waals surface area contributed by atoms with Gasteiger partial charge in [-0.15, -0.1) is 0 Å². The predicted molar refractivity (Wildman–Crippen MR) is 93.1 cm³/mol. The fourth-order valence-corrected chi connectivity index (χ4v) is 2.97. The van der Waals surface area contributed by atoms with Crippen LogP contribution in [0.4, 0.5) is 0 Å². The third kappa shape index (κ3) is 3.48. The molecule has 0 amide bonds. The molecule has 112 valence electrons. The lowest BCUT2D eigenvalue weighted by molar-refractivity contribution is 0.652. The molecule has 0 aliphatic rings. The topological polar surface area (TPSA) is 12.0 Å². The van der Waals surface area contributed by atoms with Gasteiger partial charge in [-0.2, -0.15) is 0 Å². The molecule has 0 saturated heterocycles. The van der Waals surface area contributed by atoms with Crippen LogP contribution in [0.25, 0.3) is 11.1 Å². The van der Waals surface area contributed by atoms with E-state index < -0.39 is 0 Å². The Labute approximate surface area is 133 Å².